The SMILES string of the molecule is C[C@H]1CCCN(CCCOc2ccc(-c3ccncc3)cc2)C1.Cl.Cl. The van der Waals surface area contributed by atoms with Crippen LogP contribution in [0.2, 0.25) is 0 Å². The van der Waals surface area contributed by atoms with E-state index in [0.29, 0.717) is 0 Å². The Morgan fingerprint density at radius 1 is 1.04 bits per heavy atom. The first kappa shape index (κ1) is 21.8. The second-order valence-corrected chi connectivity index (χ2v) is 6.51. The molecule has 138 valence electrons. The number of nitrogens with zero attached hydrogens (tertiary/aromatic N) is 2. The molecule has 0 unspecified atom stereocenters. The Bertz CT molecular complexity index is 592. The maximum absolute atomic E-state index is 5.88. The molecule has 1 aromatic carbocycles. The van der Waals surface area contributed by atoms with Crippen LogP contribution in [0.5, 0.6) is 5.75 Å². The van der Waals surface area contributed by atoms with Crippen molar-refractivity contribution in [2.45, 2.75) is 26.2 Å². The third-order valence-corrected chi connectivity index (χ3v) is 4.50. The molecule has 1 fully saturated rings. The van der Waals surface area contributed by atoms with Gasteiger partial charge in [-0.3, -0.25) is 4.98 Å². The molecule has 2 heterocycles. The molecule has 1 saturated heterocycles. The van der Waals surface area contributed by atoms with E-state index in [0.717, 1.165) is 31.2 Å². The molecule has 0 amide bonds. The number of ether oxygens (including phenoxy) is 1. The molecule has 0 spiro atoms. The van der Waals surface area contributed by atoms with Gasteiger partial charge in [0.15, 0.2) is 0 Å². The fourth-order valence-electron chi connectivity index (χ4n) is 3.26. The average Bonchev–Trinajstić information content (AvgIpc) is 2.60. The van der Waals surface area contributed by atoms with Crippen molar-refractivity contribution in [1.29, 1.82) is 0 Å². The van der Waals surface area contributed by atoms with Crippen molar-refractivity contribution in [3.8, 4) is 16.9 Å². The lowest BCUT2D eigenvalue weighted by molar-refractivity contribution is 0.170. The van der Waals surface area contributed by atoms with Crippen LogP contribution in [-0.2, 0) is 0 Å². The average molecular weight is 383 g/mol. The third kappa shape index (κ3) is 6.85. The van der Waals surface area contributed by atoms with Gasteiger partial charge in [0.1, 0.15) is 5.75 Å². The Labute approximate surface area is 163 Å². The summed E-state index contributed by atoms with van der Waals surface area (Å²) in [5.74, 6) is 1.81. The number of hydrogen-bond acceptors (Lipinski definition) is 3. The highest BCUT2D eigenvalue weighted by molar-refractivity contribution is 5.85. The number of halogens is 2. The maximum atomic E-state index is 5.88. The Hall–Kier alpha value is -1.29. The van der Waals surface area contributed by atoms with E-state index in [4.69, 9.17) is 4.74 Å². The first-order valence-corrected chi connectivity index (χ1v) is 8.67. The molecule has 0 aliphatic carbocycles. The van der Waals surface area contributed by atoms with E-state index in [-0.39, 0.29) is 24.8 Å². The largest absolute Gasteiger partial charge is 0.494 e. The number of hydrogen-bond donors (Lipinski definition) is 0. The Kier molecular flexibility index (Phi) is 9.88. The van der Waals surface area contributed by atoms with Gasteiger partial charge in [0.2, 0.25) is 0 Å². The summed E-state index contributed by atoms with van der Waals surface area (Å²) in [6.45, 7) is 6.80. The highest BCUT2D eigenvalue weighted by Crippen LogP contribution is 2.22. The van der Waals surface area contributed by atoms with E-state index >= 15 is 0 Å². The van der Waals surface area contributed by atoms with Gasteiger partial charge >= 0.3 is 0 Å². The van der Waals surface area contributed by atoms with Crippen LogP contribution >= 0.6 is 24.8 Å². The second-order valence-electron chi connectivity index (χ2n) is 6.51. The van der Waals surface area contributed by atoms with Gasteiger partial charge in [-0.05, 0) is 67.1 Å². The molecular formula is C20H28Cl2N2O. The first-order chi connectivity index (χ1) is 11.3. The lowest BCUT2D eigenvalue weighted by Gasteiger charge is -2.30. The Morgan fingerprint density at radius 2 is 1.72 bits per heavy atom. The summed E-state index contributed by atoms with van der Waals surface area (Å²) in [5, 5.41) is 0. The highest BCUT2D eigenvalue weighted by atomic mass is 35.5. The number of benzene rings is 1. The van der Waals surface area contributed by atoms with E-state index in [2.05, 4.69) is 41.1 Å². The van der Waals surface area contributed by atoms with Gasteiger partial charge in [-0.25, -0.2) is 0 Å². The molecule has 5 heteroatoms. The van der Waals surface area contributed by atoms with Crippen LogP contribution in [0.4, 0.5) is 0 Å². The molecular weight excluding hydrogens is 355 g/mol. The number of pyridine rings is 1. The minimum Gasteiger partial charge on any atom is -0.494 e. The zero-order chi connectivity index (χ0) is 15.9. The number of piperidine rings is 1. The predicted molar refractivity (Wildman–Crippen MR) is 109 cm³/mol. The number of likely N-dealkylation sites (tertiary alicyclic amines) is 1. The van der Waals surface area contributed by atoms with Crippen molar-refractivity contribution < 1.29 is 4.74 Å². The van der Waals surface area contributed by atoms with Crippen molar-refractivity contribution in [2.75, 3.05) is 26.2 Å². The fourth-order valence-corrected chi connectivity index (χ4v) is 3.26. The lowest BCUT2D eigenvalue weighted by Crippen LogP contribution is -2.35. The Balaban J connectivity index is 0.00000156. The van der Waals surface area contributed by atoms with Crippen LogP contribution < -0.4 is 4.74 Å². The van der Waals surface area contributed by atoms with Crippen LogP contribution in [0, 0.1) is 5.92 Å². The van der Waals surface area contributed by atoms with Crippen molar-refractivity contribution in [3.05, 3.63) is 48.8 Å². The van der Waals surface area contributed by atoms with Crippen molar-refractivity contribution in [2.24, 2.45) is 5.92 Å². The number of aromatic nitrogens is 1. The topological polar surface area (TPSA) is 25.4 Å². The molecule has 0 radical (unpaired) electrons. The van der Waals surface area contributed by atoms with Crippen LogP contribution in [0.25, 0.3) is 11.1 Å². The Morgan fingerprint density at radius 3 is 2.40 bits per heavy atom. The van der Waals surface area contributed by atoms with Crippen molar-refractivity contribution in [1.82, 2.24) is 9.88 Å². The first-order valence-electron chi connectivity index (χ1n) is 8.67. The van der Waals surface area contributed by atoms with E-state index in [1.807, 2.05) is 24.5 Å². The molecule has 1 aliphatic rings. The summed E-state index contributed by atoms with van der Waals surface area (Å²) in [5.41, 5.74) is 2.38. The molecule has 2 aromatic rings. The summed E-state index contributed by atoms with van der Waals surface area (Å²) >= 11 is 0. The second kappa shape index (κ2) is 11.3. The van der Waals surface area contributed by atoms with Gasteiger partial charge in [-0.2, -0.15) is 0 Å². The zero-order valence-corrected chi connectivity index (χ0v) is 16.4. The quantitative estimate of drug-likeness (QED) is 0.650. The molecule has 0 N–H and O–H groups in total. The molecule has 1 aliphatic heterocycles. The monoisotopic (exact) mass is 382 g/mol. The lowest BCUT2D eigenvalue weighted by atomic mass is 10.0. The smallest absolute Gasteiger partial charge is 0.119 e. The van der Waals surface area contributed by atoms with Gasteiger partial charge in [0.05, 0.1) is 6.61 Å². The van der Waals surface area contributed by atoms with Crippen LogP contribution in [-0.4, -0.2) is 36.1 Å². The summed E-state index contributed by atoms with van der Waals surface area (Å²) in [4.78, 5) is 6.63. The standard InChI is InChI=1S/C20H26N2O.2ClH/c1-17-4-2-13-22(16-17)14-3-15-23-20-7-5-18(6-8-20)19-9-11-21-12-10-19;;/h5-12,17H,2-4,13-16H2,1H3;2*1H/t17-;;/m0../s1. The molecule has 0 bridgehead atoms. The van der Waals surface area contributed by atoms with E-state index in [1.54, 1.807) is 0 Å². The minimum absolute atomic E-state index is 0. The van der Waals surface area contributed by atoms with Crippen molar-refractivity contribution >= 4 is 24.8 Å². The third-order valence-electron chi connectivity index (χ3n) is 4.50. The van der Waals surface area contributed by atoms with Gasteiger partial charge in [0.25, 0.3) is 0 Å². The summed E-state index contributed by atoms with van der Waals surface area (Å²) in [6.07, 6.45) is 7.47. The molecule has 3 rings (SSSR count). The van der Waals surface area contributed by atoms with Gasteiger partial charge in [-0.1, -0.05) is 19.1 Å². The van der Waals surface area contributed by atoms with Crippen molar-refractivity contribution in [3.63, 3.8) is 0 Å². The molecule has 1 atom stereocenters. The normalized spacial score (nSPS) is 17.2. The zero-order valence-electron chi connectivity index (χ0n) is 14.8. The molecule has 0 saturated carbocycles. The predicted octanol–water partition coefficient (Wildman–Crippen LogP) is 5.09. The van der Waals surface area contributed by atoms with Gasteiger partial charge < -0.3 is 9.64 Å². The summed E-state index contributed by atoms with van der Waals surface area (Å²) < 4.78 is 5.88. The van der Waals surface area contributed by atoms with E-state index in [9.17, 15) is 0 Å². The summed E-state index contributed by atoms with van der Waals surface area (Å²) in [7, 11) is 0. The fraction of sp³-hybridized carbons (Fsp3) is 0.450. The van der Waals surface area contributed by atoms with Crippen LogP contribution in [0.1, 0.15) is 26.2 Å². The minimum atomic E-state index is 0. The van der Waals surface area contributed by atoms with E-state index < -0.39 is 0 Å². The van der Waals surface area contributed by atoms with Gasteiger partial charge in [0, 0.05) is 25.5 Å². The maximum Gasteiger partial charge on any atom is 0.119 e. The molecule has 1 aromatic heterocycles. The van der Waals surface area contributed by atoms with Crippen LogP contribution in [0.3, 0.4) is 0 Å². The summed E-state index contributed by atoms with van der Waals surface area (Å²) in [6, 6.07) is 12.4. The number of rotatable bonds is 6. The van der Waals surface area contributed by atoms with Gasteiger partial charge in [-0.15, -0.1) is 24.8 Å². The van der Waals surface area contributed by atoms with E-state index in [1.165, 1.54) is 37.1 Å². The molecule has 3 nitrogen and oxygen atoms in total. The highest BCUT2D eigenvalue weighted by Gasteiger charge is 2.15. The molecule has 25 heavy (non-hydrogen) atoms. The van der Waals surface area contributed by atoms with Crippen LogP contribution in [0.15, 0.2) is 48.8 Å².